The molecule has 3 heterocycles. The third kappa shape index (κ3) is 7.35. The standard InChI is InChI=1S/C31H32F3N5O3S/c1-42-30-20-25(43(2,40)41)8-9-28(30)36-14-4-5-24-19-26-27(6-3-7-29(26)39(24)21-31(32,33)34)37-22-12-17-38(18-13-22)23-10-15-35-16-11-23/h3,6-11,15-16,19-20,22,36-37H,12-14,17-18,21H2,1-2H3. The summed E-state index contributed by atoms with van der Waals surface area (Å²) in [4.78, 5) is 6.49. The SMILES string of the molecule is COc1cc(S(C)(=O)=O)ccc1NCC#Cc1cc2c(NC3CCN(c4ccncc4)CC3)cccc2n1CC(F)(F)F. The zero-order valence-electron chi connectivity index (χ0n) is 23.8. The van der Waals surface area contributed by atoms with Crippen LogP contribution in [0.5, 0.6) is 5.75 Å². The van der Waals surface area contributed by atoms with Gasteiger partial charge in [0.2, 0.25) is 0 Å². The summed E-state index contributed by atoms with van der Waals surface area (Å²) >= 11 is 0. The van der Waals surface area contributed by atoms with Gasteiger partial charge in [-0.15, -0.1) is 0 Å². The summed E-state index contributed by atoms with van der Waals surface area (Å²) in [6.45, 7) is 0.655. The molecule has 43 heavy (non-hydrogen) atoms. The van der Waals surface area contributed by atoms with Crippen LogP contribution in [0.25, 0.3) is 10.9 Å². The highest BCUT2D eigenvalue weighted by Crippen LogP contribution is 2.32. The van der Waals surface area contributed by atoms with Crippen molar-refractivity contribution in [3.05, 3.63) is 72.7 Å². The Bertz CT molecular complexity index is 1750. The molecule has 0 saturated carbocycles. The van der Waals surface area contributed by atoms with Crippen LogP contribution < -0.4 is 20.3 Å². The lowest BCUT2D eigenvalue weighted by atomic mass is 10.0. The second-order valence-corrected chi connectivity index (χ2v) is 12.4. The van der Waals surface area contributed by atoms with Crippen LogP contribution in [-0.4, -0.2) is 63.2 Å². The van der Waals surface area contributed by atoms with Gasteiger partial charge in [0, 0.05) is 60.6 Å². The van der Waals surface area contributed by atoms with Crippen LogP contribution in [0.15, 0.2) is 71.9 Å². The molecule has 0 aliphatic carbocycles. The van der Waals surface area contributed by atoms with E-state index in [1.807, 2.05) is 18.2 Å². The maximum atomic E-state index is 13.6. The molecule has 0 amide bonds. The normalized spacial score (nSPS) is 14.3. The largest absolute Gasteiger partial charge is 0.495 e. The number of ether oxygens (including phenoxy) is 1. The van der Waals surface area contributed by atoms with E-state index in [4.69, 9.17) is 4.74 Å². The number of methoxy groups -OCH3 is 1. The molecule has 0 unspecified atom stereocenters. The molecule has 1 aliphatic rings. The smallest absolute Gasteiger partial charge is 0.406 e. The van der Waals surface area contributed by atoms with Crippen LogP contribution in [0, 0.1) is 11.8 Å². The highest BCUT2D eigenvalue weighted by molar-refractivity contribution is 7.90. The molecule has 0 atom stereocenters. The van der Waals surface area contributed by atoms with E-state index in [1.165, 1.54) is 23.8 Å². The van der Waals surface area contributed by atoms with E-state index >= 15 is 0 Å². The van der Waals surface area contributed by atoms with Crippen molar-refractivity contribution in [2.24, 2.45) is 0 Å². The first-order chi connectivity index (χ1) is 20.5. The van der Waals surface area contributed by atoms with Crippen molar-refractivity contribution in [1.29, 1.82) is 0 Å². The van der Waals surface area contributed by atoms with Gasteiger partial charge in [0.25, 0.3) is 0 Å². The summed E-state index contributed by atoms with van der Waals surface area (Å²) in [5.74, 6) is 6.12. The molecular formula is C31H32F3N5O3S. The summed E-state index contributed by atoms with van der Waals surface area (Å²) in [6.07, 6.45) is 1.99. The lowest BCUT2D eigenvalue weighted by molar-refractivity contribution is -0.140. The van der Waals surface area contributed by atoms with E-state index in [0.717, 1.165) is 43.6 Å². The fraction of sp³-hybridized carbons (Fsp3) is 0.323. The van der Waals surface area contributed by atoms with Gasteiger partial charge in [-0.3, -0.25) is 4.98 Å². The fourth-order valence-corrected chi connectivity index (χ4v) is 5.88. The number of pyridine rings is 1. The molecule has 4 aromatic rings. The molecule has 0 bridgehead atoms. The number of nitrogens with one attached hydrogen (secondary N) is 2. The number of rotatable bonds is 8. The Balaban J connectivity index is 1.35. The van der Waals surface area contributed by atoms with Crippen LogP contribution >= 0.6 is 0 Å². The first kappa shape index (κ1) is 30.1. The van der Waals surface area contributed by atoms with Gasteiger partial charge >= 0.3 is 6.18 Å². The minimum Gasteiger partial charge on any atom is -0.495 e. The van der Waals surface area contributed by atoms with Gasteiger partial charge in [-0.2, -0.15) is 13.2 Å². The van der Waals surface area contributed by atoms with Gasteiger partial charge in [-0.1, -0.05) is 12.0 Å². The van der Waals surface area contributed by atoms with Crippen molar-refractivity contribution in [1.82, 2.24) is 9.55 Å². The van der Waals surface area contributed by atoms with Crippen LogP contribution in [0.1, 0.15) is 18.5 Å². The molecule has 226 valence electrons. The van der Waals surface area contributed by atoms with E-state index in [0.29, 0.717) is 22.3 Å². The number of hydrogen-bond acceptors (Lipinski definition) is 7. The molecule has 5 rings (SSSR count). The topological polar surface area (TPSA) is 88.5 Å². The van der Waals surface area contributed by atoms with Crippen LogP contribution in [0.4, 0.5) is 30.2 Å². The van der Waals surface area contributed by atoms with Crippen molar-refractivity contribution >= 4 is 37.8 Å². The average molecular weight is 612 g/mol. The minimum absolute atomic E-state index is 0.100. The molecule has 12 heteroatoms. The molecule has 2 N–H and O–H groups in total. The van der Waals surface area contributed by atoms with Crippen molar-refractivity contribution in [2.45, 2.75) is 36.5 Å². The number of alkyl halides is 3. The maximum absolute atomic E-state index is 13.6. The van der Waals surface area contributed by atoms with Gasteiger partial charge in [0.1, 0.15) is 12.3 Å². The van der Waals surface area contributed by atoms with E-state index in [9.17, 15) is 21.6 Å². The Hall–Kier alpha value is -4.37. The van der Waals surface area contributed by atoms with E-state index in [1.54, 1.807) is 36.7 Å². The second kappa shape index (κ2) is 12.5. The van der Waals surface area contributed by atoms with Crippen LogP contribution in [0.3, 0.4) is 0 Å². The molecule has 1 fully saturated rings. The first-order valence-corrected chi connectivity index (χ1v) is 15.6. The maximum Gasteiger partial charge on any atom is 0.406 e. The lowest BCUT2D eigenvalue weighted by Crippen LogP contribution is -2.39. The summed E-state index contributed by atoms with van der Waals surface area (Å²) in [7, 11) is -1.99. The van der Waals surface area contributed by atoms with Crippen molar-refractivity contribution in [3.8, 4) is 17.6 Å². The second-order valence-electron chi connectivity index (χ2n) is 10.4. The highest BCUT2D eigenvalue weighted by Gasteiger charge is 2.30. The fourth-order valence-electron chi connectivity index (χ4n) is 5.24. The van der Waals surface area contributed by atoms with E-state index in [2.05, 4.69) is 32.4 Å². The number of fused-ring (bicyclic) bond motifs is 1. The van der Waals surface area contributed by atoms with Crippen LogP contribution in [0.2, 0.25) is 0 Å². The van der Waals surface area contributed by atoms with Gasteiger partial charge < -0.3 is 24.8 Å². The Morgan fingerprint density at radius 1 is 1.05 bits per heavy atom. The number of aromatic nitrogens is 2. The number of benzene rings is 2. The number of hydrogen-bond donors (Lipinski definition) is 2. The Labute approximate surface area is 248 Å². The minimum atomic E-state index is -4.43. The van der Waals surface area contributed by atoms with E-state index in [-0.39, 0.29) is 23.2 Å². The summed E-state index contributed by atoms with van der Waals surface area (Å²) in [6, 6.07) is 15.6. The third-order valence-electron chi connectivity index (χ3n) is 7.35. The molecule has 8 nitrogen and oxygen atoms in total. The van der Waals surface area contributed by atoms with Gasteiger partial charge in [0.15, 0.2) is 9.84 Å². The van der Waals surface area contributed by atoms with Crippen molar-refractivity contribution < 1.29 is 26.3 Å². The number of piperidine rings is 1. The summed E-state index contributed by atoms with van der Waals surface area (Å²) < 4.78 is 71.1. The molecule has 1 aliphatic heterocycles. The molecular weight excluding hydrogens is 579 g/mol. The highest BCUT2D eigenvalue weighted by atomic mass is 32.2. The predicted octanol–water partition coefficient (Wildman–Crippen LogP) is 5.56. The molecule has 0 radical (unpaired) electrons. The number of nitrogens with zero attached hydrogens (tertiary/aromatic N) is 3. The summed E-state index contributed by atoms with van der Waals surface area (Å²) in [5, 5.41) is 7.29. The number of halogens is 3. The zero-order chi connectivity index (χ0) is 30.6. The third-order valence-corrected chi connectivity index (χ3v) is 8.46. The quantitative estimate of drug-likeness (QED) is 0.253. The average Bonchev–Trinajstić information content (AvgIpc) is 3.32. The van der Waals surface area contributed by atoms with Gasteiger partial charge in [-0.05, 0) is 61.2 Å². The Kier molecular flexibility index (Phi) is 8.73. The number of anilines is 3. The van der Waals surface area contributed by atoms with Crippen LogP contribution in [-0.2, 0) is 16.4 Å². The predicted molar refractivity (Wildman–Crippen MR) is 163 cm³/mol. The van der Waals surface area contributed by atoms with Crippen molar-refractivity contribution in [3.63, 3.8) is 0 Å². The zero-order valence-corrected chi connectivity index (χ0v) is 24.6. The monoisotopic (exact) mass is 611 g/mol. The molecule has 2 aromatic carbocycles. The van der Waals surface area contributed by atoms with Crippen molar-refractivity contribution in [2.75, 3.05) is 48.5 Å². The van der Waals surface area contributed by atoms with Gasteiger partial charge in [-0.25, -0.2) is 8.42 Å². The first-order valence-electron chi connectivity index (χ1n) is 13.7. The molecule has 0 spiro atoms. The summed E-state index contributed by atoms with van der Waals surface area (Å²) in [5.41, 5.74) is 3.11. The Morgan fingerprint density at radius 3 is 2.47 bits per heavy atom. The van der Waals surface area contributed by atoms with Gasteiger partial charge in [0.05, 0.1) is 35.4 Å². The molecule has 1 saturated heterocycles. The van der Waals surface area contributed by atoms with E-state index < -0.39 is 22.6 Å². The Morgan fingerprint density at radius 2 is 1.79 bits per heavy atom. The number of sulfone groups is 1. The lowest BCUT2D eigenvalue weighted by Gasteiger charge is -2.34. The molecule has 2 aromatic heterocycles.